The molecule has 4 atom stereocenters. The van der Waals surface area contributed by atoms with Crippen LogP contribution in [0.3, 0.4) is 0 Å². The molecular weight excluding hydrogens is 398 g/mol. The van der Waals surface area contributed by atoms with E-state index in [-0.39, 0.29) is 34.7 Å². The van der Waals surface area contributed by atoms with Crippen molar-refractivity contribution in [1.82, 2.24) is 9.97 Å². The van der Waals surface area contributed by atoms with Crippen LogP contribution in [0.5, 0.6) is 0 Å². The van der Waals surface area contributed by atoms with Gasteiger partial charge in [0.25, 0.3) is 0 Å². The van der Waals surface area contributed by atoms with E-state index in [0.29, 0.717) is 12.0 Å². The van der Waals surface area contributed by atoms with E-state index in [4.69, 9.17) is 23.1 Å². The van der Waals surface area contributed by atoms with E-state index < -0.39 is 30.1 Å². The van der Waals surface area contributed by atoms with Gasteiger partial charge in [-0.3, -0.25) is 4.79 Å². The number of aromatic nitrogens is 2. The topological polar surface area (TPSA) is 168 Å². The molecule has 8 N–H and O–H groups in total. The summed E-state index contributed by atoms with van der Waals surface area (Å²) in [5, 5.41) is 32.5. The fourth-order valence-electron chi connectivity index (χ4n) is 3.23. The van der Waals surface area contributed by atoms with E-state index in [0.717, 1.165) is 0 Å². The number of rotatable bonds is 4. The molecule has 152 valence electrons. The molecule has 9 nitrogen and oxygen atoms in total. The highest BCUT2D eigenvalue weighted by molar-refractivity contribution is 6.31. The standard InChI is InChI=1S/C19H20ClN5O4/c20-16-12(6-5-9-3-1-2-4-11(9)17(21)29)18(25-19(22)24-16)23-13-7-10(8-26)14(27)15(13)28/h1-4,10,13-15,26-28H,7-8H2,(H2,21,29)(H3,22,23,24,25)/t10-,13-,14-,15+/m1/s1. The fraction of sp³-hybridized carbons (Fsp3) is 0.316. The number of nitrogen functional groups attached to an aromatic ring is 1. The van der Waals surface area contributed by atoms with E-state index in [1.54, 1.807) is 24.3 Å². The van der Waals surface area contributed by atoms with E-state index in [1.165, 1.54) is 0 Å². The van der Waals surface area contributed by atoms with Crippen LogP contribution in [-0.2, 0) is 0 Å². The van der Waals surface area contributed by atoms with Gasteiger partial charge < -0.3 is 32.1 Å². The van der Waals surface area contributed by atoms with Gasteiger partial charge in [-0.25, -0.2) is 0 Å². The minimum atomic E-state index is -1.13. The van der Waals surface area contributed by atoms with Crippen molar-refractivity contribution in [2.24, 2.45) is 11.7 Å². The minimum absolute atomic E-state index is 0.0178. The Hall–Kier alpha value is -2.90. The van der Waals surface area contributed by atoms with Crippen LogP contribution < -0.4 is 16.8 Å². The molecule has 0 saturated heterocycles. The first kappa shape index (κ1) is 20.8. The molecule has 1 aliphatic rings. The predicted octanol–water partition coefficient (Wildman–Crippen LogP) is -0.275. The smallest absolute Gasteiger partial charge is 0.249 e. The van der Waals surface area contributed by atoms with Gasteiger partial charge in [-0.05, 0) is 18.6 Å². The van der Waals surface area contributed by atoms with Crippen LogP contribution in [0.4, 0.5) is 11.8 Å². The van der Waals surface area contributed by atoms with E-state index in [9.17, 15) is 20.1 Å². The maximum atomic E-state index is 11.6. The maximum Gasteiger partial charge on any atom is 0.249 e. The molecule has 1 aliphatic carbocycles. The third-order valence-electron chi connectivity index (χ3n) is 4.76. The number of anilines is 2. The van der Waals surface area contributed by atoms with Gasteiger partial charge in [-0.2, -0.15) is 9.97 Å². The number of amides is 1. The number of nitrogens with zero attached hydrogens (tertiary/aromatic N) is 2. The van der Waals surface area contributed by atoms with Crippen LogP contribution in [0.15, 0.2) is 24.3 Å². The molecule has 0 radical (unpaired) electrons. The highest BCUT2D eigenvalue weighted by Crippen LogP contribution is 2.30. The number of hydrogen-bond donors (Lipinski definition) is 6. The summed E-state index contributed by atoms with van der Waals surface area (Å²) in [6.45, 7) is -0.264. The Morgan fingerprint density at radius 3 is 2.62 bits per heavy atom. The Labute approximate surface area is 171 Å². The van der Waals surface area contributed by atoms with Crippen LogP contribution in [0.2, 0.25) is 5.15 Å². The van der Waals surface area contributed by atoms with Crippen molar-refractivity contribution in [3.8, 4) is 11.8 Å². The first-order chi connectivity index (χ1) is 13.8. The molecule has 1 fully saturated rings. The van der Waals surface area contributed by atoms with Gasteiger partial charge in [-0.1, -0.05) is 35.6 Å². The van der Waals surface area contributed by atoms with E-state index in [1.807, 2.05) is 0 Å². The molecule has 0 unspecified atom stereocenters. The fourth-order valence-corrected chi connectivity index (χ4v) is 3.45. The second-order valence-corrected chi connectivity index (χ2v) is 7.02. The quantitative estimate of drug-likeness (QED) is 0.292. The number of benzene rings is 1. The normalized spacial score (nSPS) is 23.3. The molecule has 2 aromatic rings. The van der Waals surface area contributed by atoms with E-state index in [2.05, 4.69) is 27.1 Å². The number of aliphatic hydroxyl groups is 3. The van der Waals surface area contributed by atoms with Crippen LogP contribution in [0, 0.1) is 17.8 Å². The third kappa shape index (κ3) is 4.41. The Balaban J connectivity index is 1.97. The van der Waals surface area contributed by atoms with Crippen LogP contribution in [0.1, 0.15) is 27.9 Å². The number of halogens is 1. The first-order valence-electron chi connectivity index (χ1n) is 8.79. The van der Waals surface area contributed by atoms with Crippen molar-refractivity contribution >= 4 is 29.3 Å². The summed E-state index contributed by atoms with van der Waals surface area (Å²) < 4.78 is 0. The second kappa shape index (κ2) is 8.63. The van der Waals surface area contributed by atoms with Crippen molar-refractivity contribution in [3.63, 3.8) is 0 Å². The Morgan fingerprint density at radius 1 is 1.24 bits per heavy atom. The van der Waals surface area contributed by atoms with Gasteiger partial charge in [0.1, 0.15) is 17.5 Å². The Bertz CT molecular complexity index is 990. The number of carbonyl (C=O) groups excluding carboxylic acids is 1. The molecule has 1 aromatic heterocycles. The number of carbonyl (C=O) groups is 1. The largest absolute Gasteiger partial charge is 0.396 e. The molecule has 1 heterocycles. The zero-order chi connectivity index (χ0) is 21.1. The lowest BCUT2D eigenvalue weighted by atomic mass is 10.1. The molecule has 1 saturated carbocycles. The number of hydrogen-bond acceptors (Lipinski definition) is 8. The summed E-state index contributed by atoms with van der Waals surface area (Å²) in [6.07, 6.45) is -1.90. The molecule has 0 spiro atoms. The minimum Gasteiger partial charge on any atom is -0.396 e. The summed E-state index contributed by atoms with van der Waals surface area (Å²) in [6, 6.07) is 5.96. The highest BCUT2D eigenvalue weighted by atomic mass is 35.5. The van der Waals surface area contributed by atoms with Crippen LogP contribution in [-0.4, -0.2) is 56.1 Å². The second-order valence-electron chi connectivity index (χ2n) is 6.67. The third-order valence-corrected chi connectivity index (χ3v) is 5.03. The molecule has 0 bridgehead atoms. The summed E-state index contributed by atoms with van der Waals surface area (Å²) in [5.74, 6) is 4.61. The van der Waals surface area contributed by atoms with Crippen molar-refractivity contribution in [2.75, 3.05) is 17.7 Å². The number of aliphatic hydroxyl groups excluding tert-OH is 3. The van der Waals surface area contributed by atoms with Gasteiger partial charge >= 0.3 is 0 Å². The zero-order valence-corrected chi connectivity index (χ0v) is 16.0. The van der Waals surface area contributed by atoms with Crippen molar-refractivity contribution < 1.29 is 20.1 Å². The zero-order valence-electron chi connectivity index (χ0n) is 15.2. The highest BCUT2D eigenvalue weighted by Gasteiger charge is 2.41. The molecule has 1 amide bonds. The average molecular weight is 418 g/mol. The van der Waals surface area contributed by atoms with Gasteiger partial charge in [0.05, 0.1) is 17.7 Å². The van der Waals surface area contributed by atoms with Gasteiger partial charge in [0.2, 0.25) is 11.9 Å². The summed E-state index contributed by atoms with van der Waals surface area (Å²) >= 11 is 6.19. The monoisotopic (exact) mass is 417 g/mol. The molecular formula is C19H20ClN5O4. The maximum absolute atomic E-state index is 11.6. The van der Waals surface area contributed by atoms with Gasteiger partial charge in [-0.15, -0.1) is 0 Å². The van der Waals surface area contributed by atoms with Crippen molar-refractivity contribution in [3.05, 3.63) is 46.1 Å². The molecule has 3 rings (SSSR count). The number of primary amides is 1. The molecule has 1 aromatic carbocycles. The van der Waals surface area contributed by atoms with Crippen LogP contribution >= 0.6 is 11.6 Å². The molecule has 10 heteroatoms. The van der Waals surface area contributed by atoms with Gasteiger partial charge in [0, 0.05) is 18.1 Å². The van der Waals surface area contributed by atoms with Crippen molar-refractivity contribution in [2.45, 2.75) is 24.7 Å². The van der Waals surface area contributed by atoms with Crippen LogP contribution in [0.25, 0.3) is 0 Å². The predicted molar refractivity (Wildman–Crippen MR) is 107 cm³/mol. The molecule has 29 heavy (non-hydrogen) atoms. The first-order valence-corrected chi connectivity index (χ1v) is 9.17. The molecule has 0 aliphatic heterocycles. The lowest BCUT2D eigenvalue weighted by Crippen LogP contribution is -2.35. The van der Waals surface area contributed by atoms with Crippen molar-refractivity contribution in [1.29, 1.82) is 0 Å². The SMILES string of the molecule is NC(=O)c1ccccc1C#Cc1c(Cl)nc(N)nc1N[C@@H]1C[C@H](CO)[C@@H](O)[C@H]1O. The Kier molecular flexibility index (Phi) is 6.20. The summed E-state index contributed by atoms with van der Waals surface area (Å²) in [4.78, 5) is 19.6. The van der Waals surface area contributed by atoms with E-state index >= 15 is 0 Å². The number of nitrogens with one attached hydrogen (secondary N) is 1. The lowest BCUT2D eigenvalue weighted by molar-refractivity contribution is 0.00445. The average Bonchev–Trinajstić information content (AvgIpc) is 2.95. The summed E-state index contributed by atoms with van der Waals surface area (Å²) in [5.41, 5.74) is 11.9. The lowest BCUT2D eigenvalue weighted by Gasteiger charge is -2.19. The van der Waals surface area contributed by atoms with Gasteiger partial charge in [0.15, 0.2) is 5.15 Å². The summed E-state index contributed by atoms with van der Waals surface area (Å²) in [7, 11) is 0. The Morgan fingerprint density at radius 2 is 1.97 bits per heavy atom. The number of nitrogens with two attached hydrogens (primary N) is 2.